The average Bonchev–Trinajstić information content (AvgIpc) is 3.36. The Bertz CT molecular complexity index is 1240. The number of nitro groups is 1. The van der Waals surface area contributed by atoms with Crippen molar-refractivity contribution in [2.75, 3.05) is 0 Å². The molecule has 1 fully saturated rings. The Hall–Kier alpha value is -3.74. The monoisotopic (exact) mass is 472 g/mol. The molecule has 2 aliphatic carbocycles. The minimum atomic E-state index is -0.704. The highest BCUT2D eigenvalue weighted by Crippen LogP contribution is 2.46. The minimum absolute atomic E-state index is 0.0282. The fraction of sp³-hybridized carbons (Fsp3) is 0.357. The van der Waals surface area contributed by atoms with E-state index in [-0.39, 0.29) is 23.5 Å². The summed E-state index contributed by atoms with van der Waals surface area (Å²) in [6.45, 7) is 1.82. The van der Waals surface area contributed by atoms with Crippen molar-refractivity contribution in [2.45, 2.75) is 63.4 Å². The van der Waals surface area contributed by atoms with Crippen molar-refractivity contribution < 1.29 is 19.2 Å². The summed E-state index contributed by atoms with van der Waals surface area (Å²) in [6, 6.07) is 16.2. The van der Waals surface area contributed by atoms with Crippen molar-refractivity contribution in [3.8, 4) is 0 Å². The number of allylic oxidation sites excluding steroid dienone is 3. The third-order valence-electron chi connectivity index (χ3n) is 7.31. The van der Waals surface area contributed by atoms with Crippen LogP contribution in [0.3, 0.4) is 0 Å². The number of dihydropyridines is 1. The lowest BCUT2D eigenvalue weighted by Crippen LogP contribution is -2.36. The number of rotatable bonds is 5. The number of carbonyl (C=O) groups excluding carboxylic acids is 2. The molecule has 1 N–H and O–H groups in total. The maximum absolute atomic E-state index is 13.6. The number of non-ortho nitro benzene ring substituents is 1. The summed E-state index contributed by atoms with van der Waals surface area (Å²) in [5.41, 5.74) is 3.86. The second-order valence-corrected chi connectivity index (χ2v) is 9.59. The zero-order valence-electron chi connectivity index (χ0n) is 19.7. The molecule has 35 heavy (non-hydrogen) atoms. The molecule has 2 unspecified atom stereocenters. The molecule has 0 radical (unpaired) electrons. The van der Waals surface area contributed by atoms with E-state index in [0.717, 1.165) is 36.9 Å². The number of nitro benzene ring substituents is 1. The van der Waals surface area contributed by atoms with E-state index in [2.05, 4.69) is 5.32 Å². The molecule has 2 aromatic rings. The van der Waals surface area contributed by atoms with Crippen molar-refractivity contribution in [1.29, 1.82) is 0 Å². The second-order valence-electron chi connectivity index (χ2n) is 9.59. The van der Waals surface area contributed by atoms with Crippen molar-refractivity contribution in [1.82, 2.24) is 5.32 Å². The van der Waals surface area contributed by atoms with Gasteiger partial charge in [0.05, 0.1) is 10.5 Å². The van der Waals surface area contributed by atoms with Gasteiger partial charge in [0.25, 0.3) is 5.69 Å². The molecule has 1 saturated carbocycles. The normalized spacial score (nSPS) is 22.6. The van der Waals surface area contributed by atoms with Crippen molar-refractivity contribution in [3.05, 3.63) is 98.4 Å². The van der Waals surface area contributed by atoms with Crippen LogP contribution in [0, 0.1) is 10.1 Å². The quantitative estimate of drug-likeness (QED) is 0.353. The number of ether oxygens (including phenoxy) is 1. The molecule has 7 heteroatoms. The fourth-order valence-electron chi connectivity index (χ4n) is 5.64. The molecule has 0 bridgehead atoms. The number of hydrogen-bond donors (Lipinski definition) is 1. The van der Waals surface area contributed by atoms with Gasteiger partial charge in [-0.1, -0.05) is 42.5 Å². The van der Waals surface area contributed by atoms with E-state index in [9.17, 15) is 19.7 Å². The van der Waals surface area contributed by atoms with Gasteiger partial charge in [0, 0.05) is 41.4 Å². The van der Waals surface area contributed by atoms with Crippen LogP contribution in [-0.2, 0) is 14.3 Å². The second kappa shape index (κ2) is 9.49. The highest BCUT2D eigenvalue weighted by atomic mass is 16.6. The average molecular weight is 473 g/mol. The van der Waals surface area contributed by atoms with Gasteiger partial charge in [-0.2, -0.15) is 0 Å². The third-order valence-corrected chi connectivity index (χ3v) is 7.31. The molecular formula is C28H28N2O5. The number of benzene rings is 2. The Labute approximate surface area is 204 Å². The van der Waals surface area contributed by atoms with Crippen molar-refractivity contribution in [3.63, 3.8) is 0 Å². The van der Waals surface area contributed by atoms with Gasteiger partial charge in [-0.05, 0) is 56.1 Å². The molecule has 2 atom stereocenters. The van der Waals surface area contributed by atoms with Gasteiger partial charge in [-0.15, -0.1) is 0 Å². The Balaban J connectivity index is 1.57. The van der Waals surface area contributed by atoms with Gasteiger partial charge in [-0.3, -0.25) is 14.9 Å². The highest BCUT2D eigenvalue weighted by molar-refractivity contribution is 6.04. The zero-order valence-corrected chi connectivity index (χ0v) is 19.7. The zero-order chi connectivity index (χ0) is 24.5. The van der Waals surface area contributed by atoms with Crippen LogP contribution in [0.5, 0.6) is 0 Å². The first-order valence-corrected chi connectivity index (χ1v) is 12.2. The third kappa shape index (κ3) is 4.50. The number of esters is 1. The Kier molecular flexibility index (Phi) is 6.24. The first kappa shape index (κ1) is 23.0. The van der Waals surface area contributed by atoms with Crippen LogP contribution in [0.15, 0.2) is 77.1 Å². The number of ketones is 1. The molecular weight excluding hydrogens is 444 g/mol. The summed E-state index contributed by atoms with van der Waals surface area (Å²) in [4.78, 5) is 38.1. The first-order chi connectivity index (χ1) is 16.9. The van der Waals surface area contributed by atoms with Gasteiger partial charge >= 0.3 is 5.97 Å². The van der Waals surface area contributed by atoms with E-state index < -0.39 is 16.8 Å². The summed E-state index contributed by atoms with van der Waals surface area (Å²) >= 11 is 0. The molecule has 0 amide bonds. The molecule has 0 aromatic heterocycles. The summed E-state index contributed by atoms with van der Waals surface area (Å²) in [6.07, 6.45) is 4.53. The molecule has 1 aliphatic heterocycles. The fourth-order valence-corrected chi connectivity index (χ4v) is 5.64. The Morgan fingerprint density at radius 3 is 2.46 bits per heavy atom. The maximum Gasteiger partial charge on any atom is 0.337 e. The van der Waals surface area contributed by atoms with Crippen LogP contribution in [-0.4, -0.2) is 22.8 Å². The largest absolute Gasteiger partial charge is 0.459 e. The number of carbonyl (C=O) groups is 2. The molecule has 5 rings (SSSR count). The van der Waals surface area contributed by atoms with E-state index in [1.54, 1.807) is 12.1 Å². The molecule has 180 valence electrons. The van der Waals surface area contributed by atoms with Crippen LogP contribution >= 0.6 is 0 Å². The lowest BCUT2D eigenvalue weighted by atomic mass is 9.71. The van der Waals surface area contributed by atoms with Gasteiger partial charge in [0.15, 0.2) is 5.78 Å². The standard InChI is InChI=1S/C28H28N2O5/c1-17-25(28(32)35-22-12-5-6-13-22)26(19-10-7-11-21(14-19)30(33)34)27-23(29-17)15-20(16-24(27)31)18-8-3-2-4-9-18/h2-4,7-11,14,20,22,26,29H,5-6,12-13,15-16H2,1H3. The first-order valence-electron chi connectivity index (χ1n) is 12.2. The van der Waals surface area contributed by atoms with E-state index in [0.29, 0.717) is 35.2 Å². The van der Waals surface area contributed by atoms with Crippen molar-refractivity contribution >= 4 is 17.4 Å². The predicted molar refractivity (Wildman–Crippen MR) is 130 cm³/mol. The Morgan fingerprint density at radius 2 is 1.74 bits per heavy atom. The minimum Gasteiger partial charge on any atom is -0.459 e. The molecule has 3 aliphatic rings. The van der Waals surface area contributed by atoms with Crippen LogP contribution in [0.2, 0.25) is 0 Å². The lowest BCUT2D eigenvalue weighted by Gasteiger charge is -2.37. The number of nitrogens with one attached hydrogen (secondary N) is 1. The summed E-state index contributed by atoms with van der Waals surface area (Å²) in [7, 11) is 0. The Morgan fingerprint density at radius 1 is 1.03 bits per heavy atom. The van der Waals surface area contributed by atoms with Gasteiger partial charge in [-0.25, -0.2) is 4.79 Å². The smallest absolute Gasteiger partial charge is 0.337 e. The SMILES string of the molecule is CC1=C(C(=O)OC2CCCC2)C(c2cccc([N+](=O)[O-])c2)C2=C(CC(c3ccccc3)CC2=O)N1. The van der Waals surface area contributed by atoms with Crippen LogP contribution in [0.4, 0.5) is 5.69 Å². The highest BCUT2D eigenvalue weighted by Gasteiger charge is 2.42. The summed E-state index contributed by atoms with van der Waals surface area (Å²) < 4.78 is 5.85. The van der Waals surface area contributed by atoms with E-state index in [1.807, 2.05) is 37.3 Å². The summed E-state index contributed by atoms with van der Waals surface area (Å²) in [5, 5.41) is 14.8. The van der Waals surface area contributed by atoms with E-state index in [4.69, 9.17) is 4.74 Å². The molecule has 7 nitrogen and oxygen atoms in total. The van der Waals surface area contributed by atoms with Gasteiger partial charge < -0.3 is 10.1 Å². The molecule has 0 spiro atoms. The topological polar surface area (TPSA) is 98.5 Å². The molecule has 2 aromatic carbocycles. The predicted octanol–water partition coefficient (Wildman–Crippen LogP) is 5.44. The summed E-state index contributed by atoms with van der Waals surface area (Å²) in [5.74, 6) is -1.18. The van der Waals surface area contributed by atoms with Crippen LogP contribution in [0.1, 0.15) is 68.4 Å². The molecule has 1 heterocycles. The molecule has 0 saturated heterocycles. The van der Waals surface area contributed by atoms with Crippen LogP contribution < -0.4 is 5.32 Å². The number of hydrogen-bond acceptors (Lipinski definition) is 6. The van der Waals surface area contributed by atoms with Crippen molar-refractivity contribution in [2.24, 2.45) is 0 Å². The van der Waals surface area contributed by atoms with Crippen LogP contribution in [0.25, 0.3) is 0 Å². The number of Topliss-reactive ketones (excluding diaryl/α,β-unsaturated/α-hetero) is 1. The van der Waals surface area contributed by atoms with Gasteiger partial charge in [0.2, 0.25) is 0 Å². The maximum atomic E-state index is 13.6. The number of nitrogens with zero attached hydrogens (tertiary/aromatic N) is 1. The lowest BCUT2D eigenvalue weighted by molar-refractivity contribution is -0.384. The van der Waals surface area contributed by atoms with Gasteiger partial charge in [0.1, 0.15) is 6.10 Å². The van der Waals surface area contributed by atoms with E-state index in [1.165, 1.54) is 12.1 Å². The van der Waals surface area contributed by atoms with E-state index >= 15 is 0 Å².